The summed E-state index contributed by atoms with van der Waals surface area (Å²) in [6.45, 7) is 5.93. The second-order valence-electron chi connectivity index (χ2n) is 4.84. The molecule has 1 fully saturated rings. The molecule has 1 aliphatic rings. The number of likely N-dealkylation sites (tertiary alicyclic amines) is 1. The third-order valence-electron chi connectivity index (χ3n) is 3.43. The van der Waals surface area contributed by atoms with Crippen molar-refractivity contribution in [2.24, 2.45) is 0 Å². The van der Waals surface area contributed by atoms with Crippen molar-refractivity contribution < 1.29 is 4.79 Å². The van der Waals surface area contributed by atoms with Crippen LogP contribution in [0, 0.1) is 6.92 Å². The van der Waals surface area contributed by atoms with Crippen molar-refractivity contribution >= 4 is 27.6 Å². The quantitative estimate of drug-likeness (QED) is 0.893. The van der Waals surface area contributed by atoms with E-state index in [2.05, 4.69) is 31.5 Å². The minimum Gasteiger partial charge on any atom is -0.337 e. The van der Waals surface area contributed by atoms with Gasteiger partial charge in [-0.3, -0.25) is 0 Å². The number of nitrogens with zero attached hydrogens (tertiary/aromatic N) is 1. The molecule has 2 amide bonds. The van der Waals surface area contributed by atoms with Crippen LogP contribution < -0.4 is 10.6 Å². The van der Waals surface area contributed by atoms with Gasteiger partial charge in [0.1, 0.15) is 0 Å². The molecule has 0 atom stereocenters. The van der Waals surface area contributed by atoms with Crippen LogP contribution in [0.1, 0.15) is 18.4 Å². The molecule has 0 radical (unpaired) electrons. The predicted molar refractivity (Wildman–Crippen MR) is 81.6 cm³/mol. The topological polar surface area (TPSA) is 44.4 Å². The first kappa shape index (κ1) is 14.3. The van der Waals surface area contributed by atoms with Crippen molar-refractivity contribution in [2.45, 2.75) is 19.8 Å². The highest BCUT2D eigenvalue weighted by atomic mass is 79.9. The number of urea groups is 1. The van der Waals surface area contributed by atoms with Crippen LogP contribution in [0.4, 0.5) is 10.5 Å². The lowest BCUT2D eigenvalue weighted by molar-refractivity contribution is 0.249. The first-order chi connectivity index (χ1) is 9.16. The fraction of sp³-hybridized carbons (Fsp3) is 0.500. The van der Waals surface area contributed by atoms with Gasteiger partial charge in [-0.15, -0.1) is 0 Å². The zero-order chi connectivity index (χ0) is 13.7. The lowest BCUT2D eigenvalue weighted by atomic mass is 10.2. The maximum Gasteiger partial charge on any atom is 0.319 e. The SMILES string of the molecule is Cc1c(Br)cccc1NC(=O)NCCN1CCCC1. The van der Waals surface area contributed by atoms with E-state index in [9.17, 15) is 4.79 Å². The van der Waals surface area contributed by atoms with Crippen LogP contribution in [-0.2, 0) is 0 Å². The molecule has 0 aliphatic carbocycles. The van der Waals surface area contributed by atoms with Crippen LogP contribution in [0.2, 0.25) is 0 Å². The maximum absolute atomic E-state index is 11.8. The summed E-state index contributed by atoms with van der Waals surface area (Å²) < 4.78 is 1.00. The monoisotopic (exact) mass is 325 g/mol. The molecule has 1 aromatic rings. The highest BCUT2D eigenvalue weighted by Gasteiger charge is 2.11. The van der Waals surface area contributed by atoms with Crippen LogP contribution >= 0.6 is 15.9 Å². The van der Waals surface area contributed by atoms with Crippen molar-refractivity contribution in [3.05, 3.63) is 28.2 Å². The molecule has 2 N–H and O–H groups in total. The van der Waals surface area contributed by atoms with Crippen molar-refractivity contribution in [1.82, 2.24) is 10.2 Å². The Hall–Kier alpha value is -1.07. The lowest BCUT2D eigenvalue weighted by Gasteiger charge is -2.15. The van der Waals surface area contributed by atoms with Crippen LogP contribution in [0.3, 0.4) is 0 Å². The molecule has 1 aliphatic heterocycles. The van der Waals surface area contributed by atoms with Crippen molar-refractivity contribution in [3.8, 4) is 0 Å². The van der Waals surface area contributed by atoms with Crippen LogP contribution in [0.5, 0.6) is 0 Å². The zero-order valence-electron chi connectivity index (χ0n) is 11.2. The predicted octanol–water partition coefficient (Wildman–Crippen LogP) is 2.97. The van der Waals surface area contributed by atoms with E-state index in [4.69, 9.17) is 0 Å². The highest BCUT2D eigenvalue weighted by Crippen LogP contribution is 2.23. The summed E-state index contributed by atoms with van der Waals surface area (Å²) >= 11 is 3.45. The molecular weight excluding hydrogens is 306 g/mol. The molecular formula is C14H20BrN3O. The van der Waals surface area contributed by atoms with Crippen LogP contribution in [0.25, 0.3) is 0 Å². The Morgan fingerprint density at radius 1 is 1.37 bits per heavy atom. The van der Waals surface area contributed by atoms with E-state index in [0.717, 1.165) is 35.4 Å². The first-order valence-corrected chi connectivity index (χ1v) is 7.48. The maximum atomic E-state index is 11.8. The Labute approximate surface area is 122 Å². The molecule has 0 bridgehead atoms. The summed E-state index contributed by atoms with van der Waals surface area (Å²) in [6, 6.07) is 5.64. The van der Waals surface area contributed by atoms with Crippen LogP contribution in [0.15, 0.2) is 22.7 Å². The van der Waals surface area contributed by atoms with Gasteiger partial charge in [-0.05, 0) is 50.6 Å². The van der Waals surface area contributed by atoms with Crippen molar-refractivity contribution in [3.63, 3.8) is 0 Å². The largest absolute Gasteiger partial charge is 0.337 e. The molecule has 5 heteroatoms. The third kappa shape index (κ3) is 4.21. The first-order valence-electron chi connectivity index (χ1n) is 6.69. The molecule has 0 aromatic heterocycles. The second-order valence-corrected chi connectivity index (χ2v) is 5.70. The van der Waals surface area contributed by atoms with E-state index in [0.29, 0.717) is 6.54 Å². The number of hydrogen-bond acceptors (Lipinski definition) is 2. The molecule has 0 spiro atoms. The standard InChI is InChI=1S/C14H20BrN3O/c1-11-12(15)5-4-6-13(11)17-14(19)16-7-10-18-8-2-3-9-18/h4-6H,2-3,7-10H2,1H3,(H2,16,17,19). The van der Waals surface area contributed by atoms with Gasteiger partial charge in [-0.2, -0.15) is 0 Å². The van der Waals surface area contributed by atoms with Gasteiger partial charge in [-0.25, -0.2) is 4.79 Å². The number of carbonyl (C=O) groups is 1. The number of amides is 2. The van der Waals surface area contributed by atoms with Gasteiger partial charge in [0, 0.05) is 23.2 Å². The van der Waals surface area contributed by atoms with Gasteiger partial charge in [0.05, 0.1) is 0 Å². The third-order valence-corrected chi connectivity index (χ3v) is 4.29. The number of carbonyl (C=O) groups excluding carboxylic acids is 1. The molecule has 1 aromatic carbocycles. The Kier molecular flexibility index (Phi) is 5.22. The summed E-state index contributed by atoms with van der Waals surface area (Å²) in [5.74, 6) is 0. The summed E-state index contributed by atoms with van der Waals surface area (Å²) in [4.78, 5) is 14.2. The number of halogens is 1. The van der Waals surface area contributed by atoms with E-state index < -0.39 is 0 Å². The number of rotatable bonds is 4. The van der Waals surface area contributed by atoms with Crippen LogP contribution in [-0.4, -0.2) is 37.1 Å². The highest BCUT2D eigenvalue weighted by molar-refractivity contribution is 9.10. The smallest absolute Gasteiger partial charge is 0.319 e. The second kappa shape index (κ2) is 6.91. The van der Waals surface area contributed by atoms with Crippen molar-refractivity contribution in [2.75, 3.05) is 31.5 Å². The Morgan fingerprint density at radius 2 is 2.11 bits per heavy atom. The number of anilines is 1. The van der Waals surface area contributed by atoms with Gasteiger partial charge in [0.15, 0.2) is 0 Å². The Morgan fingerprint density at radius 3 is 2.84 bits per heavy atom. The van der Waals surface area contributed by atoms with Gasteiger partial charge in [0.2, 0.25) is 0 Å². The molecule has 1 heterocycles. The van der Waals surface area contributed by atoms with Gasteiger partial charge in [0.25, 0.3) is 0 Å². The molecule has 19 heavy (non-hydrogen) atoms. The zero-order valence-corrected chi connectivity index (χ0v) is 12.8. The number of nitrogens with one attached hydrogen (secondary N) is 2. The molecule has 104 valence electrons. The van der Waals surface area contributed by atoms with Crippen molar-refractivity contribution in [1.29, 1.82) is 0 Å². The van der Waals surface area contributed by atoms with Gasteiger partial charge in [-0.1, -0.05) is 22.0 Å². The van der Waals surface area contributed by atoms with Gasteiger partial charge >= 0.3 is 6.03 Å². The normalized spacial score (nSPS) is 15.5. The van der Waals surface area contributed by atoms with E-state index in [1.54, 1.807) is 0 Å². The Bertz CT molecular complexity index is 444. The average molecular weight is 326 g/mol. The molecule has 1 saturated heterocycles. The number of hydrogen-bond donors (Lipinski definition) is 2. The summed E-state index contributed by atoms with van der Waals surface area (Å²) in [6.07, 6.45) is 2.56. The average Bonchev–Trinajstić information content (AvgIpc) is 2.88. The molecule has 0 unspecified atom stereocenters. The minimum absolute atomic E-state index is 0.139. The molecule has 0 saturated carbocycles. The fourth-order valence-electron chi connectivity index (χ4n) is 2.24. The van der Waals surface area contributed by atoms with E-state index in [1.807, 2.05) is 25.1 Å². The Balaban J connectivity index is 1.76. The van der Waals surface area contributed by atoms with E-state index in [1.165, 1.54) is 12.8 Å². The van der Waals surface area contributed by atoms with E-state index in [-0.39, 0.29) is 6.03 Å². The van der Waals surface area contributed by atoms with Gasteiger partial charge < -0.3 is 15.5 Å². The lowest BCUT2D eigenvalue weighted by Crippen LogP contribution is -2.36. The summed E-state index contributed by atoms with van der Waals surface area (Å²) in [5.41, 5.74) is 1.88. The molecule has 4 nitrogen and oxygen atoms in total. The van der Waals surface area contributed by atoms with E-state index >= 15 is 0 Å². The number of benzene rings is 1. The molecule has 2 rings (SSSR count). The summed E-state index contributed by atoms with van der Waals surface area (Å²) in [5, 5.41) is 5.78. The minimum atomic E-state index is -0.139. The summed E-state index contributed by atoms with van der Waals surface area (Å²) in [7, 11) is 0. The fourth-order valence-corrected chi connectivity index (χ4v) is 2.61.